The number of hydrogen-bond acceptors (Lipinski definition) is 12. The number of amides is 6. The van der Waals surface area contributed by atoms with Crippen LogP contribution < -0.4 is 43.5 Å². The summed E-state index contributed by atoms with van der Waals surface area (Å²) >= 11 is 0. The summed E-state index contributed by atoms with van der Waals surface area (Å²) in [4.78, 5) is 103. The van der Waals surface area contributed by atoms with Gasteiger partial charge in [-0.1, -0.05) is 49.6 Å². The maximum Gasteiger partial charge on any atom is 0.408 e. The lowest BCUT2D eigenvalue weighted by Crippen LogP contribution is -2.55. The largest absolute Gasteiger partial charge is 0.459 e. The minimum Gasteiger partial charge on any atom is -0.459 e. The highest BCUT2D eigenvalue weighted by atomic mass is 16.7. The van der Waals surface area contributed by atoms with E-state index in [1.807, 2.05) is 13.8 Å². The first-order valence-corrected chi connectivity index (χ1v) is 17.5. The Labute approximate surface area is 319 Å². The zero-order chi connectivity index (χ0) is 41.7. The molecule has 0 radical (unpaired) electrons. The molecule has 0 saturated carbocycles. The molecule has 0 aromatic heterocycles. The minimum atomic E-state index is -1.40. The van der Waals surface area contributed by atoms with E-state index in [4.69, 9.17) is 20.9 Å². The Balaban J connectivity index is 2.96. The van der Waals surface area contributed by atoms with Crippen LogP contribution in [0.4, 0.5) is 4.79 Å². The van der Waals surface area contributed by atoms with Crippen molar-refractivity contribution in [2.75, 3.05) is 13.1 Å². The van der Waals surface area contributed by atoms with Gasteiger partial charge in [0.1, 0.15) is 36.4 Å². The summed E-state index contributed by atoms with van der Waals surface area (Å²) in [6.45, 7) is 9.22. The lowest BCUT2D eigenvalue weighted by atomic mass is 10.0. The number of carbonyl (C=O) groups excluding carboxylic acids is 7. The van der Waals surface area contributed by atoms with Crippen LogP contribution in [-0.4, -0.2) is 95.4 Å². The van der Waals surface area contributed by atoms with Gasteiger partial charge in [0.05, 0.1) is 6.54 Å². The number of carbonyl (C=O) groups is 7. The fraction of sp³-hybridized carbons (Fsp3) is 0.588. The molecule has 55 heavy (non-hydrogen) atoms. The molecule has 0 aliphatic rings. The van der Waals surface area contributed by atoms with E-state index in [0.29, 0.717) is 5.56 Å². The molecule has 0 aliphatic carbocycles. The molecule has 0 saturated heterocycles. The Morgan fingerprint density at radius 3 is 2.07 bits per heavy atom. The summed E-state index contributed by atoms with van der Waals surface area (Å²) in [7, 11) is 0. The average molecular weight is 779 g/mol. The van der Waals surface area contributed by atoms with Crippen molar-refractivity contribution in [3.8, 4) is 0 Å². The minimum absolute atomic E-state index is 0.00724. The average Bonchev–Trinajstić information content (AvgIpc) is 3.07. The lowest BCUT2D eigenvalue weighted by molar-refractivity contribution is -0.525. The Morgan fingerprint density at radius 2 is 1.49 bits per heavy atom. The first-order chi connectivity index (χ1) is 25.7. The van der Waals surface area contributed by atoms with Gasteiger partial charge in [-0.15, -0.1) is 0 Å². The SMILES string of the molecule is CC(C)C[C@H](NC(=O)OC(C)(C)C)C(=O)N[C@@H](C)C(=O)NCC(=O)N[C@@H](CCC(N)=O)C(=O)N[C@H](CCCN=C(N)N[N+](=O)[O-])C(=O)OCc1ccccc1. The van der Waals surface area contributed by atoms with Crippen molar-refractivity contribution in [3.05, 3.63) is 46.0 Å². The Morgan fingerprint density at radius 1 is 0.855 bits per heavy atom. The van der Waals surface area contributed by atoms with Crippen molar-refractivity contribution in [2.45, 2.75) is 110 Å². The van der Waals surface area contributed by atoms with Crippen molar-refractivity contribution in [3.63, 3.8) is 0 Å². The molecular weight excluding hydrogens is 724 g/mol. The smallest absolute Gasteiger partial charge is 0.408 e. The van der Waals surface area contributed by atoms with Gasteiger partial charge in [0.2, 0.25) is 29.5 Å². The van der Waals surface area contributed by atoms with E-state index in [1.165, 1.54) is 6.92 Å². The van der Waals surface area contributed by atoms with E-state index in [9.17, 15) is 43.7 Å². The second kappa shape index (κ2) is 23.6. The molecule has 6 amide bonds. The van der Waals surface area contributed by atoms with E-state index in [1.54, 1.807) is 56.5 Å². The molecule has 0 aliphatic heterocycles. The zero-order valence-corrected chi connectivity index (χ0v) is 32.0. The number of esters is 1. The van der Waals surface area contributed by atoms with Crippen LogP contribution in [0.2, 0.25) is 0 Å². The van der Waals surface area contributed by atoms with Gasteiger partial charge in [-0.3, -0.25) is 24.0 Å². The van der Waals surface area contributed by atoms with Gasteiger partial charge in [0, 0.05) is 13.0 Å². The molecule has 0 unspecified atom stereocenters. The van der Waals surface area contributed by atoms with Crippen LogP contribution in [-0.2, 0) is 44.8 Å². The summed E-state index contributed by atoms with van der Waals surface area (Å²) in [5.74, 6) is -5.25. The molecule has 1 rings (SSSR count). The highest BCUT2D eigenvalue weighted by Gasteiger charge is 2.30. The van der Waals surface area contributed by atoms with E-state index >= 15 is 0 Å². The number of nitrogens with zero attached hydrogens (tertiary/aromatic N) is 2. The number of ether oxygens (including phenoxy) is 2. The highest BCUT2D eigenvalue weighted by Crippen LogP contribution is 2.11. The van der Waals surface area contributed by atoms with Crippen molar-refractivity contribution in [1.82, 2.24) is 32.0 Å². The van der Waals surface area contributed by atoms with Crippen LogP contribution in [0.3, 0.4) is 0 Å². The van der Waals surface area contributed by atoms with Crippen LogP contribution in [0.1, 0.15) is 79.2 Å². The molecule has 0 fully saturated rings. The van der Waals surface area contributed by atoms with Gasteiger partial charge in [0.15, 0.2) is 5.03 Å². The Hall–Kier alpha value is -6.02. The third-order valence-corrected chi connectivity index (χ3v) is 7.18. The zero-order valence-electron chi connectivity index (χ0n) is 32.0. The summed E-state index contributed by atoms with van der Waals surface area (Å²) in [6.07, 6.45) is -1.12. The number of nitrogens with two attached hydrogens (primary N) is 2. The predicted molar refractivity (Wildman–Crippen MR) is 198 cm³/mol. The van der Waals surface area contributed by atoms with Gasteiger partial charge >= 0.3 is 12.1 Å². The fourth-order valence-electron chi connectivity index (χ4n) is 4.63. The first kappa shape index (κ1) is 47.0. The summed E-state index contributed by atoms with van der Waals surface area (Å²) < 4.78 is 10.6. The molecule has 1 aromatic rings. The number of rotatable bonds is 22. The van der Waals surface area contributed by atoms with Crippen LogP contribution >= 0.6 is 0 Å². The second-order valence-corrected chi connectivity index (χ2v) is 13.8. The Kier molecular flexibility index (Phi) is 20.2. The molecule has 0 bridgehead atoms. The number of benzene rings is 1. The number of guanidine groups is 1. The van der Waals surface area contributed by atoms with Gasteiger partial charge in [-0.2, -0.15) is 0 Å². The van der Waals surface area contributed by atoms with E-state index in [-0.39, 0.29) is 51.2 Å². The topological polar surface area (TPSA) is 318 Å². The number of aliphatic imine (C=N–C) groups is 1. The molecular formula is C34H54N10O11. The quantitative estimate of drug-likeness (QED) is 0.0182. The predicted octanol–water partition coefficient (Wildman–Crippen LogP) is -0.599. The lowest BCUT2D eigenvalue weighted by Gasteiger charge is -2.25. The number of alkyl carbamates (subject to hydrolysis) is 1. The van der Waals surface area contributed by atoms with E-state index < -0.39 is 88.9 Å². The van der Waals surface area contributed by atoms with E-state index in [2.05, 4.69) is 31.6 Å². The number of nitrogens with one attached hydrogen (secondary N) is 6. The van der Waals surface area contributed by atoms with Crippen LogP contribution in [0.15, 0.2) is 35.3 Å². The van der Waals surface area contributed by atoms with Gasteiger partial charge in [-0.25, -0.2) is 24.7 Å². The molecule has 306 valence electrons. The third kappa shape index (κ3) is 21.3. The molecule has 21 nitrogen and oxygen atoms in total. The van der Waals surface area contributed by atoms with Crippen molar-refractivity contribution >= 4 is 47.6 Å². The van der Waals surface area contributed by atoms with Crippen LogP contribution in [0, 0.1) is 16.0 Å². The maximum absolute atomic E-state index is 13.4. The Bertz CT molecular complexity index is 1520. The van der Waals surface area contributed by atoms with Crippen molar-refractivity contribution < 1.29 is 48.1 Å². The van der Waals surface area contributed by atoms with E-state index in [0.717, 1.165) is 0 Å². The second-order valence-electron chi connectivity index (χ2n) is 13.8. The monoisotopic (exact) mass is 778 g/mol. The number of nitro groups is 1. The molecule has 21 heteroatoms. The van der Waals surface area contributed by atoms with Crippen LogP contribution in [0.5, 0.6) is 0 Å². The number of primary amides is 1. The van der Waals surface area contributed by atoms with Gasteiger partial charge < -0.3 is 47.5 Å². The maximum atomic E-state index is 13.4. The fourth-order valence-corrected chi connectivity index (χ4v) is 4.63. The van der Waals surface area contributed by atoms with Crippen molar-refractivity contribution in [2.24, 2.45) is 22.4 Å². The highest BCUT2D eigenvalue weighted by molar-refractivity contribution is 5.94. The molecule has 1 aromatic carbocycles. The summed E-state index contributed by atoms with van der Waals surface area (Å²) in [5.41, 5.74) is 12.2. The molecule has 4 atom stereocenters. The number of hydrogen-bond donors (Lipinski definition) is 8. The van der Waals surface area contributed by atoms with Crippen molar-refractivity contribution in [1.29, 1.82) is 0 Å². The normalized spacial score (nSPS) is 13.5. The summed E-state index contributed by atoms with van der Waals surface area (Å²) in [5, 5.41) is 21.9. The molecule has 0 spiro atoms. The molecule has 10 N–H and O–H groups in total. The first-order valence-electron chi connectivity index (χ1n) is 17.5. The standard InChI is InChI=1S/C34H54N10O11/c1-20(2)17-25(42-33(51)55-34(4,5)6)30(49)39-21(3)28(47)38-18-27(46)40-23(14-15-26(35)45)29(48)41-24(13-10-16-37-32(36)43-44(52)53)31(50)54-19-22-11-8-7-9-12-22/h7-9,11-12,20-21,23-25H,10,13-19H2,1-6H3,(H2,35,45)(H,38,47)(H,39,49)(H,40,46)(H,41,48)(H,42,51)(H3,36,37,43)/t21-,23-,24+,25-/m0/s1. The molecule has 0 heterocycles. The van der Waals surface area contributed by atoms with Gasteiger partial charge in [0.25, 0.3) is 5.96 Å². The number of hydrazine groups is 1. The van der Waals surface area contributed by atoms with Gasteiger partial charge in [-0.05, 0) is 64.9 Å². The van der Waals surface area contributed by atoms with Crippen LogP contribution in [0.25, 0.3) is 0 Å². The third-order valence-electron chi connectivity index (χ3n) is 7.18. The summed E-state index contributed by atoms with van der Waals surface area (Å²) in [6, 6.07) is 3.85.